The molecule has 1 aromatic rings. The first-order chi connectivity index (χ1) is 9.13. The lowest BCUT2D eigenvalue weighted by molar-refractivity contribution is 0.144. The highest BCUT2D eigenvalue weighted by Crippen LogP contribution is 2.34. The van der Waals surface area contributed by atoms with E-state index in [1.807, 2.05) is 0 Å². The largest absolute Gasteiger partial charge is 0.307 e. The van der Waals surface area contributed by atoms with Crippen LogP contribution in [0.1, 0.15) is 49.8 Å². The van der Waals surface area contributed by atoms with E-state index in [0.29, 0.717) is 12.1 Å². The van der Waals surface area contributed by atoms with Crippen LogP contribution in [0.25, 0.3) is 0 Å². The molecular formula is C17H26N2. The number of rotatable bonds is 3. The first kappa shape index (κ1) is 13.1. The Morgan fingerprint density at radius 3 is 2.26 bits per heavy atom. The number of piperidine rings is 1. The summed E-state index contributed by atoms with van der Waals surface area (Å²) >= 11 is 0. The fraction of sp³-hybridized carbons (Fsp3) is 0.647. The van der Waals surface area contributed by atoms with Gasteiger partial charge in [0.2, 0.25) is 0 Å². The first-order valence-corrected chi connectivity index (χ1v) is 7.68. The van der Waals surface area contributed by atoms with E-state index in [-0.39, 0.29) is 0 Å². The summed E-state index contributed by atoms with van der Waals surface area (Å²) in [6.07, 6.45) is 5.45. The smallest absolute Gasteiger partial charge is 0.0294 e. The van der Waals surface area contributed by atoms with Crippen molar-refractivity contribution in [1.82, 2.24) is 10.2 Å². The molecule has 2 fully saturated rings. The van der Waals surface area contributed by atoms with E-state index in [9.17, 15) is 0 Å². The molecule has 1 N–H and O–H groups in total. The predicted octanol–water partition coefficient (Wildman–Crippen LogP) is 3.27. The second-order valence-electron chi connectivity index (χ2n) is 6.52. The normalized spacial score (nSPS) is 32.5. The van der Waals surface area contributed by atoms with Gasteiger partial charge in [0, 0.05) is 24.2 Å². The maximum atomic E-state index is 3.85. The maximum Gasteiger partial charge on any atom is 0.0294 e. The van der Waals surface area contributed by atoms with Crippen molar-refractivity contribution in [1.29, 1.82) is 0 Å². The summed E-state index contributed by atoms with van der Waals surface area (Å²) in [6.45, 7) is 4.45. The highest BCUT2D eigenvalue weighted by molar-refractivity contribution is 5.23. The van der Waals surface area contributed by atoms with Gasteiger partial charge in [0.25, 0.3) is 0 Å². The summed E-state index contributed by atoms with van der Waals surface area (Å²) < 4.78 is 0. The Labute approximate surface area is 117 Å². The quantitative estimate of drug-likeness (QED) is 0.895. The van der Waals surface area contributed by atoms with Crippen molar-refractivity contribution < 1.29 is 0 Å². The van der Waals surface area contributed by atoms with Gasteiger partial charge < -0.3 is 10.2 Å². The average molecular weight is 258 g/mol. The van der Waals surface area contributed by atoms with Gasteiger partial charge in [-0.15, -0.1) is 0 Å². The van der Waals surface area contributed by atoms with E-state index in [1.165, 1.54) is 36.8 Å². The molecule has 3 atom stereocenters. The molecule has 0 radical (unpaired) electrons. The second kappa shape index (κ2) is 5.26. The lowest BCUT2D eigenvalue weighted by atomic mass is 9.96. The van der Waals surface area contributed by atoms with Crippen molar-refractivity contribution in [2.45, 2.75) is 63.7 Å². The van der Waals surface area contributed by atoms with Crippen molar-refractivity contribution in [3.8, 4) is 0 Å². The van der Waals surface area contributed by atoms with Gasteiger partial charge >= 0.3 is 0 Å². The van der Waals surface area contributed by atoms with Crippen LogP contribution in [0.2, 0.25) is 0 Å². The first-order valence-electron chi connectivity index (χ1n) is 7.68. The molecule has 2 heterocycles. The van der Waals surface area contributed by atoms with Crippen LogP contribution in [-0.2, 0) is 0 Å². The molecule has 0 aliphatic carbocycles. The Bertz CT molecular complexity index is 411. The number of nitrogens with zero attached hydrogens (tertiary/aromatic N) is 1. The Hall–Kier alpha value is -0.860. The van der Waals surface area contributed by atoms with Gasteiger partial charge in [-0.2, -0.15) is 0 Å². The van der Waals surface area contributed by atoms with E-state index in [4.69, 9.17) is 0 Å². The SMILES string of the molecule is Cc1ccc([C@@H](C)NC2CC3CCC(C2)N3C)cc1. The highest BCUT2D eigenvalue weighted by Gasteiger charge is 2.38. The Morgan fingerprint density at radius 1 is 1.11 bits per heavy atom. The van der Waals surface area contributed by atoms with Gasteiger partial charge in [-0.05, 0) is 52.1 Å². The molecule has 3 rings (SSSR count). The van der Waals surface area contributed by atoms with Crippen molar-refractivity contribution in [2.75, 3.05) is 7.05 Å². The van der Waals surface area contributed by atoms with E-state index in [2.05, 4.69) is 55.4 Å². The van der Waals surface area contributed by atoms with Crippen LogP contribution < -0.4 is 5.32 Å². The summed E-state index contributed by atoms with van der Waals surface area (Å²) in [5, 5.41) is 3.85. The van der Waals surface area contributed by atoms with Gasteiger partial charge in [0.15, 0.2) is 0 Å². The highest BCUT2D eigenvalue weighted by atomic mass is 15.2. The third-order valence-electron chi connectivity index (χ3n) is 5.16. The van der Waals surface area contributed by atoms with Crippen LogP contribution in [0, 0.1) is 6.92 Å². The van der Waals surface area contributed by atoms with Gasteiger partial charge in [-0.25, -0.2) is 0 Å². The minimum Gasteiger partial charge on any atom is -0.307 e. The molecule has 2 aliphatic heterocycles. The fourth-order valence-electron chi connectivity index (χ4n) is 3.85. The van der Waals surface area contributed by atoms with E-state index in [1.54, 1.807) is 0 Å². The van der Waals surface area contributed by atoms with Crippen LogP contribution in [0.3, 0.4) is 0 Å². The molecule has 2 heteroatoms. The molecule has 104 valence electrons. The van der Waals surface area contributed by atoms with Gasteiger partial charge in [-0.3, -0.25) is 0 Å². The van der Waals surface area contributed by atoms with Gasteiger partial charge in [0.05, 0.1) is 0 Å². The van der Waals surface area contributed by atoms with Crippen molar-refractivity contribution in [3.63, 3.8) is 0 Å². The zero-order valence-electron chi connectivity index (χ0n) is 12.4. The molecule has 2 unspecified atom stereocenters. The zero-order chi connectivity index (χ0) is 13.4. The molecule has 2 bridgehead atoms. The number of nitrogens with one attached hydrogen (secondary N) is 1. The Balaban J connectivity index is 1.61. The van der Waals surface area contributed by atoms with Crippen molar-refractivity contribution >= 4 is 0 Å². The molecule has 2 saturated heterocycles. The zero-order valence-corrected chi connectivity index (χ0v) is 12.4. The standard InChI is InChI=1S/C17H26N2/c1-12-4-6-14(7-5-12)13(2)18-15-10-16-8-9-17(11-15)19(16)3/h4-7,13,15-18H,8-11H2,1-3H3/t13-,15?,16?,17?/m1/s1. The number of fused-ring (bicyclic) bond motifs is 2. The van der Waals surface area contributed by atoms with Gasteiger partial charge in [0.1, 0.15) is 0 Å². The van der Waals surface area contributed by atoms with Crippen LogP contribution >= 0.6 is 0 Å². The van der Waals surface area contributed by atoms with Crippen LogP contribution in [0.5, 0.6) is 0 Å². The monoisotopic (exact) mass is 258 g/mol. The summed E-state index contributed by atoms with van der Waals surface area (Å²) in [5.41, 5.74) is 2.75. The topological polar surface area (TPSA) is 15.3 Å². The number of hydrogen-bond acceptors (Lipinski definition) is 2. The third-order valence-corrected chi connectivity index (χ3v) is 5.16. The summed E-state index contributed by atoms with van der Waals surface area (Å²) in [7, 11) is 2.31. The number of benzene rings is 1. The molecule has 0 aromatic heterocycles. The molecule has 19 heavy (non-hydrogen) atoms. The predicted molar refractivity (Wildman–Crippen MR) is 80.3 cm³/mol. The third kappa shape index (κ3) is 2.70. The summed E-state index contributed by atoms with van der Waals surface area (Å²) in [6, 6.07) is 11.8. The van der Waals surface area contributed by atoms with Crippen molar-refractivity contribution in [3.05, 3.63) is 35.4 Å². The molecule has 0 amide bonds. The van der Waals surface area contributed by atoms with Crippen LogP contribution in [0.15, 0.2) is 24.3 Å². The molecule has 2 aliphatic rings. The molecule has 2 nitrogen and oxygen atoms in total. The molecule has 0 spiro atoms. The summed E-state index contributed by atoms with van der Waals surface area (Å²) in [4.78, 5) is 2.61. The van der Waals surface area contributed by atoms with E-state index in [0.717, 1.165) is 12.1 Å². The second-order valence-corrected chi connectivity index (χ2v) is 6.52. The van der Waals surface area contributed by atoms with Gasteiger partial charge in [-0.1, -0.05) is 29.8 Å². The van der Waals surface area contributed by atoms with Crippen LogP contribution in [-0.4, -0.2) is 30.1 Å². The van der Waals surface area contributed by atoms with E-state index >= 15 is 0 Å². The fourth-order valence-corrected chi connectivity index (χ4v) is 3.85. The number of aryl methyl sites for hydroxylation is 1. The molecule has 1 aromatic carbocycles. The number of hydrogen-bond donors (Lipinski definition) is 1. The molecule has 0 saturated carbocycles. The van der Waals surface area contributed by atoms with Crippen molar-refractivity contribution in [2.24, 2.45) is 0 Å². The average Bonchev–Trinajstić information content (AvgIpc) is 2.63. The minimum atomic E-state index is 0.466. The lowest BCUT2D eigenvalue weighted by Gasteiger charge is -2.38. The maximum absolute atomic E-state index is 3.85. The Kier molecular flexibility index (Phi) is 3.64. The summed E-state index contributed by atoms with van der Waals surface area (Å²) in [5.74, 6) is 0. The lowest BCUT2D eigenvalue weighted by Crippen LogP contribution is -2.47. The van der Waals surface area contributed by atoms with E-state index < -0.39 is 0 Å². The minimum absolute atomic E-state index is 0.466. The Morgan fingerprint density at radius 2 is 1.68 bits per heavy atom. The molecular weight excluding hydrogens is 232 g/mol. The van der Waals surface area contributed by atoms with Crippen LogP contribution in [0.4, 0.5) is 0 Å².